The van der Waals surface area contributed by atoms with Crippen molar-refractivity contribution in [3.05, 3.63) is 29.8 Å². The summed E-state index contributed by atoms with van der Waals surface area (Å²) >= 11 is 1.17. The molecule has 1 heterocycles. The lowest BCUT2D eigenvalue weighted by atomic mass is 10.1. The number of carbonyl (C=O) groups excluding carboxylic acids is 2. The monoisotopic (exact) mass is 390 g/mol. The molecular weight excluding hydrogens is 364 g/mol. The summed E-state index contributed by atoms with van der Waals surface area (Å²) in [4.78, 5) is 23.7. The number of imide groups is 1. The maximum absolute atomic E-state index is 12.0. The van der Waals surface area contributed by atoms with Crippen LogP contribution < -0.4 is 10.6 Å². The average Bonchev–Trinajstić information content (AvgIpc) is 3.05. The molecule has 2 aromatic rings. The molecule has 1 aromatic carbocycles. The van der Waals surface area contributed by atoms with Gasteiger partial charge in [-0.1, -0.05) is 37.2 Å². The van der Waals surface area contributed by atoms with Gasteiger partial charge >= 0.3 is 6.03 Å². The van der Waals surface area contributed by atoms with Gasteiger partial charge in [0, 0.05) is 5.54 Å². The fourth-order valence-electron chi connectivity index (χ4n) is 2.28. The molecule has 0 radical (unpaired) electrons. The predicted molar refractivity (Wildman–Crippen MR) is 105 cm³/mol. The van der Waals surface area contributed by atoms with E-state index in [0.717, 1.165) is 24.9 Å². The summed E-state index contributed by atoms with van der Waals surface area (Å²) in [6.45, 7) is 7.69. The smallest absolute Gasteiger partial charge is 0.321 e. The second-order valence-electron chi connectivity index (χ2n) is 7.18. The Bertz CT molecular complexity index is 767. The van der Waals surface area contributed by atoms with Crippen LogP contribution in [0, 0.1) is 0 Å². The molecule has 0 saturated heterocycles. The van der Waals surface area contributed by atoms with Crippen molar-refractivity contribution in [3.8, 4) is 5.69 Å². The summed E-state index contributed by atoms with van der Waals surface area (Å²) in [6.07, 6.45) is 3.36. The van der Waals surface area contributed by atoms with E-state index in [1.807, 2.05) is 32.9 Å². The van der Waals surface area contributed by atoms with Crippen molar-refractivity contribution in [1.82, 2.24) is 30.8 Å². The standard InChI is InChI=1S/C18H26N6O2S/c1-5-6-7-13-8-10-14(11-9-13)24-17(21-22-23-24)27-12-15(25)19-16(26)20-18(2,3)4/h8-11H,5-7,12H2,1-4H3,(H2,19,20,25,26). The summed E-state index contributed by atoms with van der Waals surface area (Å²) in [5, 5.41) is 17.1. The van der Waals surface area contributed by atoms with Gasteiger partial charge in [0.25, 0.3) is 0 Å². The topological polar surface area (TPSA) is 102 Å². The van der Waals surface area contributed by atoms with Crippen LogP contribution >= 0.6 is 11.8 Å². The molecule has 2 N–H and O–H groups in total. The fraction of sp³-hybridized carbons (Fsp3) is 0.500. The van der Waals surface area contributed by atoms with Crippen molar-refractivity contribution < 1.29 is 9.59 Å². The first-order chi connectivity index (χ1) is 12.8. The van der Waals surface area contributed by atoms with E-state index in [4.69, 9.17) is 0 Å². The molecule has 0 fully saturated rings. The molecule has 27 heavy (non-hydrogen) atoms. The number of amides is 3. The number of benzene rings is 1. The molecule has 0 aliphatic rings. The molecule has 3 amide bonds. The van der Waals surface area contributed by atoms with Gasteiger partial charge < -0.3 is 5.32 Å². The third-order valence-electron chi connectivity index (χ3n) is 3.51. The molecule has 9 heteroatoms. The van der Waals surface area contributed by atoms with Crippen molar-refractivity contribution in [1.29, 1.82) is 0 Å². The summed E-state index contributed by atoms with van der Waals surface area (Å²) in [5.74, 6) is -0.377. The van der Waals surface area contributed by atoms with Crippen LogP contribution in [0.5, 0.6) is 0 Å². The van der Waals surface area contributed by atoms with Gasteiger partial charge in [-0.25, -0.2) is 4.79 Å². The maximum Gasteiger partial charge on any atom is 0.321 e. The number of carbonyl (C=O) groups is 2. The van der Waals surface area contributed by atoms with E-state index in [2.05, 4.69) is 45.2 Å². The quantitative estimate of drug-likeness (QED) is 0.705. The highest BCUT2D eigenvalue weighted by Crippen LogP contribution is 2.18. The van der Waals surface area contributed by atoms with E-state index in [0.29, 0.717) is 5.16 Å². The largest absolute Gasteiger partial charge is 0.333 e. The fourth-order valence-corrected chi connectivity index (χ4v) is 2.97. The maximum atomic E-state index is 12.0. The number of unbranched alkanes of at least 4 members (excludes halogenated alkanes) is 1. The molecule has 0 spiro atoms. The Hall–Kier alpha value is -2.42. The molecule has 2 rings (SSSR count). The Labute approximate surface area is 163 Å². The van der Waals surface area contributed by atoms with E-state index in [9.17, 15) is 9.59 Å². The van der Waals surface area contributed by atoms with Gasteiger partial charge in [0.05, 0.1) is 11.4 Å². The Morgan fingerprint density at radius 1 is 1.19 bits per heavy atom. The third kappa shape index (κ3) is 7.01. The number of urea groups is 1. The van der Waals surface area contributed by atoms with Gasteiger partial charge in [-0.3, -0.25) is 10.1 Å². The molecule has 1 aromatic heterocycles. The van der Waals surface area contributed by atoms with Crippen LogP contribution in [-0.4, -0.2) is 43.4 Å². The number of aryl methyl sites for hydroxylation is 1. The lowest BCUT2D eigenvalue weighted by molar-refractivity contribution is -0.117. The highest BCUT2D eigenvalue weighted by Gasteiger charge is 2.17. The first kappa shape index (κ1) is 20.9. The lowest BCUT2D eigenvalue weighted by Crippen LogP contribution is -2.48. The Kier molecular flexibility index (Phi) is 7.35. The first-order valence-corrected chi connectivity index (χ1v) is 9.89. The molecule has 0 bridgehead atoms. The average molecular weight is 391 g/mol. The number of hydrogen-bond donors (Lipinski definition) is 2. The number of hydrogen-bond acceptors (Lipinski definition) is 6. The number of nitrogens with zero attached hydrogens (tertiary/aromatic N) is 4. The Morgan fingerprint density at radius 2 is 1.89 bits per heavy atom. The molecule has 0 saturated carbocycles. The molecule has 0 aliphatic heterocycles. The first-order valence-electron chi connectivity index (χ1n) is 8.91. The summed E-state index contributed by atoms with van der Waals surface area (Å²) in [5.41, 5.74) is 1.69. The summed E-state index contributed by atoms with van der Waals surface area (Å²) in [7, 11) is 0. The van der Waals surface area contributed by atoms with E-state index in [1.165, 1.54) is 17.3 Å². The minimum Gasteiger partial charge on any atom is -0.333 e. The highest BCUT2D eigenvalue weighted by atomic mass is 32.2. The number of rotatable bonds is 7. The van der Waals surface area contributed by atoms with Crippen LogP contribution in [0.15, 0.2) is 29.4 Å². The number of nitrogens with one attached hydrogen (secondary N) is 2. The SMILES string of the molecule is CCCCc1ccc(-n2nnnc2SCC(=O)NC(=O)NC(C)(C)C)cc1. The van der Waals surface area contributed by atoms with Gasteiger partial charge in [-0.15, -0.1) is 5.10 Å². The summed E-state index contributed by atoms with van der Waals surface area (Å²) < 4.78 is 1.58. The van der Waals surface area contributed by atoms with Crippen molar-refractivity contribution in [3.63, 3.8) is 0 Å². The Balaban J connectivity index is 1.93. The number of aromatic nitrogens is 4. The number of thioether (sulfide) groups is 1. The van der Waals surface area contributed by atoms with E-state index in [-0.39, 0.29) is 5.75 Å². The zero-order valence-corrected chi connectivity index (χ0v) is 17.0. The third-order valence-corrected chi connectivity index (χ3v) is 4.43. The second-order valence-corrected chi connectivity index (χ2v) is 8.13. The summed E-state index contributed by atoms with van der Waals surface area (Å²) in [6, 6.07) is 7.52. The lowest BCUT2D eigenvalue weighted by Gasteiger charge is -2.20. The number of tetrazole rings is 1. The van der Waals surface area contributed by atoms with Crippen LogP contribution in [0.4, 0.5) is 4.79 Å². The van der Waals surface area contributed by atoms with Gasteiger partial charge in [0.2, 0.25) is 11.1 Å². The van der Waals surface area contributed by atoms with Crippen LogP contribution in [0.1, 0.15) is 46.1 Å². The molecule has 0 aliphatic carbocycles. The van der Waals surface area contributed by atoms with Crippen molar-refractivity contribution in [2.45, 2.75) is 57.7 Å². The van der Waals surface area contributed by atoms with Crippen LogP contribution in [0.3, 0.4) is 0 Å². The van der Waals surface area contributed by atoms with E-state index in [1.54, 1.807) is 4.68 Å². The predicted octanol–water partition coefficient (Wildman–Crippen LogP) is 2.72. The minimum absolute atomic E-state index is 0.0342. The molecular formula is C18H26N6O2S. The van der Waals surface area contributed by atoms with E-state index < -0.39 is 17.5 Å². The van der Waals surface area contributed by atoms with Crippen molar-refractivity contribution >= 4 is 23.7 Å². The normalized spacial score (nSPS) is 11.3. The highest BCUT2D eigenvalue weighted by molar-refractivity contribution is 7.99. The van der Waals surface area contributed by atoms with Gasteiger partial charge in [0.1, 0.15) is 0 Å². The van der Waals surface area contributed by atoms with Crippen molar-refractivity contribution in [2.75, 3.05) is 5.75 Å². The second kappa shape index (κ2) is 9.50. The van der Waals surface area contributed by atoms with Gasteiger partial charge in [-0.2, -0.15) is 4.68 Å². The van der Waals surface area contributed by atoms with Crippen LogP contribution in [0.25, 0.3) is 5.69 Å². The molecule has 8 nitrogen and oxygen atoms in total. The van der Waals surface area contributed by atoms with Crippen molar-refractivity contribution in [2.24, 2.45) is 0 Å². The van der Waals surface area contributed by atoms with Crippen LogP contribution in [-0.2, 0) is 11.2 Å². The zero-order valence-electron chi connectivity index (χ0n) is 16.2. The molecule has 0 unspecified atom stereocenters. The van der Waals surface area contributed by atoms with E-state index >= 15 is 0 Å². The Morgan fingerprint density at radius 3 is 2.52 bits per heavy atom. The van der Waals surface area contributed by atoms with Crippen LogP contribution in [0.2, 0.25) is 0 Å². The van der Waals surface area contributed by atoms with Gasteiger partial charge in [0.15, 0.2) is 0 Å². The minimum atomic E-state index is -0.518. The van der Waals surface area contributed by atoms with Gasteiger partial charge in [-0.05, 0) is 61.7 Å². The molecule has 146 valence electrons. The molecule has 0 atom stereocenters. The zero-order chi connectivity index (χ0) is 19.9.